The Morgan fingerprint density at radius 1 is 1.12 bits per heavy atom. The summed E-state index contributed by atoms with van der Waals surface area (Å²) in [6.07, 6.45) is 4.81. The molecule has 26 heavy (non-hydrogen) atoms. The van der Waals surface area contributed by atoms with E-state index in [-0.39, 0.29) is 6.10 Å². The van der Waals surface area contributed by atoms with E-state index >= 15 is 0 Å². The van der Waals surface area contributed by atoms with Crippen molar-refractivity contribution in [3.63, 3.8) is 0 Å². The molecule has 134 valence electrons. The van der Waals surface area contributed by atoms with E-state index in [0.29, 0.717) is 12.5 Å². The standard InChI is InChI=1S/C19H22N6O/c1-2-5-13(6-3-1)12-25-19-16(23-24-25)18(20-11-15-7-4-10-26-15)21-17(22-19)14-8-9-14/h1-3,5-6,14-15H,4,7-12H2,(H,20,21,22)/t15-/m0/s1. The number of fused-ring (bicyclic) bond motifs is 1. The van der Waals surface area contributed by atoms with Gasteiger partial charge in [-0.25, -0.2) is 14.6 Å². The van der Waals surface area contributed by atoms with Crippen molar-refractivity contribution >= 4 is 17.0 Å². The molecule has 1 saturated heterocycles. The predicted octanol–water partition coefficient (Wildman–Crippen LogP) is 2.74. The number of hydrogen-bond donors (Lipinski definition) is 1. The van der Waals surface area contributed by atoms with Crippen LogP contribution in [0.5, 0.6) is 0 Å². The second-order valence-electron chi connectivity index (χ2n) is 7.13. The van der Waals surface area contributed by atoms with Gasteiger partial charge in [-0.3, -0.25) is 0 Å². The Morgan fingerprint density at radius 3 is 2.77 bits per heavy atom. The lowest BCUT2D eigenvalue weighted by atomic mass is 10.2. The number of rotatable bonds is 6. The molecule has 7 nitrogen and oxygen atoms in total. The fraction of sp³-hybridized carbons (Fsp3) is 0.474. The van der Waals surface area contributed by atoms with Crippen molar-refractivity contribution in [2.45, 2.75) is 44.2 Å². The number of nitrogens with zero attached hydrogens (tertiary/aromatic N) is 5. The summed E-state index contributed by atoms with van der Waals surface area (Å²) in [6, 6.07) is 10.3. The average molecular weight is 350 g/mol. The minimum atomic E-state index is 0.253. The molecule has 1 aliphatic carbocycles. The van der Waals surface area contributed by atoms with E-state index in [9.17, 15) is 0 Å². The Hall–Kier alpha value is -2.54. The maximum Gasteiger partial charge on any atom is 0.184 e. The summed E-state index contributed by atoms with van der Waals surface area (Å²) >= 11 is 0. The van der Waals surface area contributed by atoms with E-state index in [2.05, 4.69) is 27.8 Å². The average Bonchev–Trinajstić information content (AvgIpc) is 3.25. The summed E-state index contributed by atoms with van der Waals surface area (Å²) in [6.45, 7) is 2.26. The van der Waals surface area contributed by atoms with Crippen LogP contribution in [0, 0.1) is 0 Å². The highest BCUT2D eigenvalue weighted by atomic mass is 16.5. The van der Waals surface area contributed by atoms with Crippen LogP contribution in [-0.4, -0.2) is 44.2 Å². The first-order valence-electron chi connectivity index (χ1n) is 9.37. The lowest BCUT2D eigenvalue weighted by Crippen LogP contribution is -2.19. The van der Waals surface area contributed by atoms with Gasteiger partial charge < -0.3 is 10.1 Å². The minimum Gasteiger partial charge on any atom is -0.376 e. The van der Waals surface area contributed by atoms with Crippen LogP contribution in [0.4, 0.5) is 5.82 Å². The fourth-order valence-electron chi connectivity index (χ4n) is 3.40. The van der Waals surface area contributed by atoms with Crippen LogP contribution in [0.1, 0.15) is 43.0 Å². The Bertz CT molecular complexity index is 899. The lowest BCUT2D eigenvalue weighted by Gasteiger charge is -2.12. The molecule has 0 bridgehead atoms. The number of ether oxygens (including phenoxy) is 1. The smallest absolute Gasteiger partial charge is 0.184 e. The van der Waals surface area contributed by atoms with Crippen LogP contribution in [0.3, 0.4) is 0 Å². The molecular formula is C19H22N6O. The number of anilines is 1. The second kappa shape index (κ2) is 6.64. The van der Waals surface area contributed by atoms with Crippen molar-refractivity contribution in [2.24, 2.45) is 0 Å². The molecule has 0 unspecified atom stereocenters. The fourth-order valence-corrected chi connectivity index (χ4v) is 3.40. The molecule has 0 spiro atoms. The lowest BCUT2D eigenvalue weighted by molar-refractivity contribution is 0.120. The van der Waals surface area contributed by atoms with E-state index in [4.69, 9.17) is 14.7 Å². The first-order valence-corrected chi connectivity index (χ1v) is 9.37. The molecule has 3 heterocycles. The van der Waals surface area contributed by atoms with Gasteiger partial charge in [-0.2, -0.15) is 0 Å². The van der Waals surface area contributed by atoms with Crippen molar-refractivity contribution < 1.29 is 4.74 Å². The van der Waals surface area contributed by atoms with Gasteiger partial charge in [0.05, 0.1) is 12.6 Å². The van der Waals surface area contributed by atoms with Crippen LogP contribution in [0.15, 0.2) is 30.3 Å². The summed E-state index contributed by atoms with van der Waals surface area (Å²) in [5, 5.41) is 12.1. The van der Waals surface area contributed by atoms with Crippen molar-refractivity contribution in [3.05, 3.63) is 41.7 Å². The van der Waals surface area contributed by atoms with Crippen LogP contribution in [0.2, 0.25) is 0 Å². The van der Waals surface area contributed by atoms with Crippen molar-refractivity contribution in [3.8, 4) is 0 Å². The molecule has 7 heteroatoms. The van der Waals surface area contributed by atoms with Crippen LogP contribution in [0.25, 0.3) is 11.2 Å². The van der Waals surface area contributed by atoms with E-state index in [0.717, 1.165) is 61.6 Å². The minimum absolute atomic E-state index is 0.253. The maximum atomic E-state index is 5.71. The van der Waals surface area contributed by atoms with Crippen LogP contribution < -0.4 is 5.32 Å². The van der Waals surface area contributed by atoms with Gasteiger partial charge in [0.1, 0.15) is 5.82 Å². The molecule has 3 aromatic rings. The first-order chi connectivity index (χ1) is 12.9. The highest BCUT2D eigenvalue weighted by Crippen LogP contribution is 2.39. The number of hydrogen-bond acceptors (Lipinski definition) is 6. The molecule has 1 atom stereocenters. The Kier molecular flexibility index (Phi) is 4.01. The quantitative estimate of drug-likeness (QED) is 0.736. The van der Waals surface area contributed by atoms with E-state index in [1.165, 1.54) is 5.56 Å². The molecule has 5 rings (SSSR count). The summed E-state index contributed by atoms with van der Waals surface area (Å²) < 4.78 is 7.58. The van der Waals surface area contributed by atoms with Gasteiger partial charge in [0.25, 0.3) is 0 Å². The molecule has 2 fully saturated rings. The highest BCUT2D eigenvalue weighted by molar-refractivity contribution is 5.82. The third-order valence-corrected chi connectivity index (χ3v) is 5.02. The second-order valence-corrected chi connectivity index (χ2v) is 7.13. The Morgan fingerprint density at radius 2 is 2.00 bits per heavy atom. The van der Waals surface area contributed by atoms with Gasteiger partial charge in [-0.1, -0.05) is 35.5 Å². The predicted molar refractivity (Wildman–Crippen MR) is 98.1 cm³/mol. The van der Waals surface area contributed by atoms with Crippen molar-refractivity contribution in [2.75, 3.05) is 18.5 Å². The van der Waals surface area contributed by atoms with Crippen molar-refractivity contribution in [1.82, 2.24) is 25.0 Å². The normalized spacial score (nSPS) is 19.9. The summed E-state index contributed by atoms with van der Waals surface area (Å²) in [5.74, 6) is 2.17. The van der Waals surface area contributed by atoms with Gasteiger partial charge in [0.15, 0.2) is 17.0 Å². The molecule has 1 saturated carbocycles. The maximum absolute atomic E-state index is 5.71. The van der Waals surface area contributed by atoms with E-state index in [1.54, 1.807) is 0 Å². The van der Waals surface area contributed by atoms with Crippen LogP contribution in [-0.2, 0) is 11.3 Å². The molecule has 0 amide bonds. The van der Waals surface area contributed by atoms with Gasteiger partial charge in [-0.05, 0) is 31.2 Å². The van der Waals surface area contributed by atoms with Gasteiger partial charge >= 0.3 is 0 Å². The zero-order valence-electron chi connectivity index (χ0n) is 14.6. The topological polar surface area (TPSA) is 77.8 Å². The summed E-state index contributed by atoms with van der Waals surface area (Å²) in [5.41, 5.74) is 2.73. The third kappa shape index (κ3) is 3.14. The SMILES string of the molecule is c1ccc(Cn2nnc3c(NC[C@@H]4CCCO4)nc(C4CC4)nc32)cc1. The van der Waals surface area contributed by atoms with Gasteiger partial charge in [0, 0.05) is 19.1 Å². The number of nitrogens with one attached hydrogen (secondary N) is 1. The number of benzene rings is 1. The molecule has 0 radical (unpaired) electrons. The van der Waals surface area contributed by atoms with Crippen LogP contribution >= 0.6 is 0 Å². The monoisotopic (exact) mass is 350 g/mol. The zero-order valence-corrected chi connectivity index (χ0v) is 14.6. The van der Waals surface area contributed by atoms with E-state index < -0.39 is 0 Å². The summed E-state index contributed by atoms with van der Waals surface area (Å²) in [4.78, 5) is 9.54. The number of aromatic nitrogens is 5. The Labute approximate surface area is 151 Å². The van der Waals surface area contributed by atoms with Crippen molar-refractivity contribution in [1.29, 1.82) is 0 Å². The molecule has 1 aromatic carbocycles. The molecule has 1 aliphatic heterocycles. The Balaban J connectivity index is 1.47. The summed E-state index contributed by atoms with van der Waals surface area (Å²) in [7, 11) is 0. The van der Waals surface area contributed by atoms with Gasteiger partial charge in [-0.15, -0.1) is 5.10 Å². The van der Waals surface area contributed by atoms with E-state index in [1.807, 2.05) is 22.9 Å². The van der Waals surface area contributed by atoms with Gasteiger partial charge in [0.2, 0.25) is 0 Å². The third-order valence-electron chi connectivity index (χ3n) is 5.02. The largest absolute Gasteiger partial charge is 0.376 e. The zero-order chi connectivity index (χ0) is 17.3. The molecular weight excluding hydrogens is 328 g/mol. The molecule has 2 aromatic heterocycles. The molecule has 1 N–H and O–H groups in total. The highest BCUT2D eigenvalue weighted by Gasteiger charge is 2.29. The molecule has 2 aliphatic rings. The first kappa shape index (κ1) is 15.7.